The predicted molar refractivity (Wildman–Crippen MR) is 93.3 cm³/mol. The Labute approximate surface area is 144 Å². The van der Waals surface area contributed by atoms with E-state index in [4.69, 9.17) is 4.74 Å². The van der Waals surface area contributed by atoms with Gasteiger partial charge in [0.25, 0.3) is 0 Å². The van der Waals surface area contributed by atoms with Gasteiger partial charge in [-0.15, -0.1) is 0 Å². The van der Waals surface area contributed by atoms with Crippen molar-refractivity contribution in [1.82, 2.24) is 4.98 Å². The van der Waals surface area contributed by atoms with Crippen molar-refractivity contribution in [3.05, 3.63) is 58.2 Å². The largest absolute Gasteiger partial charge is 0.381 e. The van der Waals surface area contributed by atoms with Crippen LogP contribution in [0.5, 0.6) is 0 Å². The van der Waals surface area contributed by atoms with Crippen molar-refractivity contribution < 1.29 is 4.74 Å². The van der Waals surface area contributed by atoms with Gasteiger partial charge >= 0.3 is 0 Å². The lowest BCUT2D eigenvalue weighted by Crippen LogP contribution is -2.40. The van der Waals surface area contributed by atoms with E-state index >= 15 is 0 Å². The first-order valence-corrected chi connectivity index (χ1v) is 8.46. The van der Waals surface area contributed by atoms with E-state index in [9.17, 15) is 5.26 Å². The minimum absolute atomic E-state index is 0.00766. The third-order valence-electron chi connectivity index (χ3n) is 4.41. The molecule has 1 N–H and O–H groups in total. The number of hydrogen-bond donors (Lipinski definition) is 1. The van der Waals surface area contributed by atoms with Gasteiger partial charge in [0.15, 0.2) is 0 Å². The minimum atomic E-state index is -0.00766. The molecule has 118 valence electrons. The molecule has 0 radical (unpaired) electrons. The number of nitriles is 1. The van der Waals surface area contributed by atoms with Gasteiger partial charge in [0.05, 0.1) is 5.56 Å². The maximum Gasteiger partial charge on any atom is 0.143 e. The van der Waals surface area contributed by atoms with Crippen LogP contribution in [-0.2, 0) is 10.2 Å². The van der Waals surface area contributed by atoms with E-state index in [1.807, 2.05) is 6.07 Å². The van der Waals surface area contributed by atoms with Crippen LogP contribution in [0.25, 0.3) is 0 Å². The monoisotopic (exact) mass is 371 g/mol. The van der Waals surface area contributed by atoms with E-state index in [-0.39, 0.29) is 5.41 Å². The lowest BCUT2D eigenvalue weighted by molar-refractivity contribution is 0.0543. The lowest BCUT2D eigenvalue weighted by atomic mass is 9.74. The molecule has 5 heteroatoms. The Morgan fingerprint density at radius 3 is 2.83 bits per heavy atom. The average molecular weight is 372 g/mol. The van der Waals surface area contributed by atoms with Gasteiger partial charge in [-0.25, -0.2) is 4.98 Å². The van der Waals surface area contributed by atoms with Crippen molar-refractivity contribution in [2.24, 2.45) is 0 Å². The quantitative estimate of drug-likeness (QED) is 0.885. The first-order chi connectivity index (χ1) is 11.2. The smallest absolute Gasteiger partial charge is 0.143 e. The molecule has 1 aromatic heterocycles. The first-order valence-electron chi connectivity index (χ1n) is 7.66. The highest BCUT2D eigenvalue weighted by Gasteiger charge is 2.34. The van der Waals surface area contributed by atoms with E-state index in [1.54, 1.807) is 18.3 Å². The Morgan fingerprint density at radius 1 is 1.26 bits per heavy atom. The summed E-state index contributed by atoms with van der Waals surface area (Å²) in [6.45, 7) is 2.24. The van der Waals surface area contributed by atoms with Crippen LogP contribution in [0.1, 0.15) is 24.0 Å². The fourth-order valence-electron chi connectivity index (χ4n) is 3.04. The molecule has 1 aliphatic heterocycles. The summed E-state index contributed by atoms with van der Waals surface area (Å²) in [5, 5.41) is 12.6. The number of anilines is 1. The fourth-order valence-corrected chi connectivity index (χ4v) is 3.44. The van der Waals surface area contributed by atoms with Gasteiger partial charge in [-0.1, -0.05) is 28.1 Å². The number of halogens is 1. The Morgan fingerprint density at radius 2 is 2.09 bits per heavy atom. The summed E-state index contributed by atoms with van der Waals surface area (Å²) in [5.41, 5.74) is 1.85. The number of benzene rings is 1. The van der Waals surface area contributed by atoms with Gasteiger partial charge in [0, 0.05) is 35.8 Å². The van der Waals surface area contributed by atoms with Crippen LogP contribution in [0, 0.1) is 11.3 Å². The number of nitrogens with one attached hydrogen (secondary N) is 1. The van der Waals surface area contributed by atoms with Crippen molar-refractivity contribution in [3.63, 3.8) is 0 Å². The van der Waals surface area contributed by atoms with Crippen LogP contribution in [0.3, 0.4) is 0 Å². The number of pyridine rings is 1. The second kappa shape index (κ2) is 7.12. The van der Waals surface area contributed by atoms with Crippen LogP contribution in [0.4, 0.5) is 5.82 Å². The molecule has 0 atom stereocenters. The van der Waals surface area contributed by atoms with Gasteiger partial charge in [-0.3, -0.25) is 0 Å². The Balaban J connectivity index is 1.87. The molecule has 1 aromatic carbocycles. The molecule has 1 saturated heterocycles. The summed E-state index contributed by atoms with van der Waals surface area (Å²) in [6.07, 6.45) is 3.61. The second-order valence-electron chi connectivity index (χ2n) is 5.77. The molecule has 3 rings (SSSR count). The van der Waals surface area contributed by atoms with Gasteiger partial charge in [0.1, 0.15) is 11.9 Å². The molecule has 2 aromatic rings. The molecule has 0 bridgehead atoms. The Bertz CT molecular complexity index is 720. The highest BCUT2D eigenvalue weighted by Crippen LogP contribution is 2.36. The number of hydrogen-bond acceptors (Lipinski definition) is 4. The lowest BCUT2D eigenvalue weighted by Gasteiger charge is -2.38. The molecule has 1 fully saturated rings. The zero-order valence-electron chi connectivity index (χ0n) is 12.8. The zero-order chi connectivity index (χ0) is 16.1. The average Bonchev–Trinajstić information content (AvgIpc) is 2.61. The van der Waals surface area contributed by atoms with Crippen molar-refractivity contribution in [2.45, 2.75) is 18.3 Å². The molecule has 0 unspecified atom stereocenters. The molecule has 0 saturated carbocycles. The van der Waals surface area contributed by atoms with Crippen LogP contribution < -0.4 is 5.32 Å². The van der Waals surface area contributed by atoms with E-state index in [1.165, 1.54) is 5.56 Å². The number of ether oxygens (including phenoxy) is 1. The maximum absolute atomic E-state index is 9.22. The van der Waals surface area contributed by atoms with Crippen molar-refractivity contribution >= 4 is 21.7 Å². The normalized spacial score (nSPS) is 16.5. The predicted octanol–water partition coefficient (Wildman–Crippen LogP) is 3.88. The molecule has 0 aliphatic carbocycles. The second-order valence-corrected chi connectivity index (χ2v) is 6.68. The van der Waals surface area contributed by atoms with Crippen LogP contribution in [0.15, 0.2) is 47.1 Å². The third-order valence-corrected chi connectivity index (χ3v) is 4.90. The Hall–Kier alpha value is -1.90. The SMILES string of the molecule is N#Cc1cccnc1NCC1(c2cccc(Br)c2)CCOCC1. The summed E-state index contributed by atoms with van der Waals surface area (Å²) < 4.78 is 6.65. The van der Waals surface area contributed by atoms with Crippen LogP contribution in [0.2, 0.25) is 0 Å². The van der Waals surface area contributed by atoms with Gasteiger partial charge in [-0.2, -0.15) is 5.26 Å². The molecular formula is C18H18BrN3O. The van der Waals surface area contributed by atoms with E-state index in [0.29, 0.717) is 11.4 Å². The summed E-state index contributed by atoms with van der Waals surface area (Å²) >= 11 is 3.56. The topological polar surface area (TPSA) is 57.9 Å². The third kappa shape index (κ3) is 3.54. The number of aromatic nitrogens is 1. The van der Waals surface area contributed by atoms with Crippen molar-refractivity contribution in [1.29, 1.82) is 5.26 Å². The molecule has 1 aliphatic rings. The summed E-state index contributed by atoms with van der Waals surface area (Å²) in [7, 11) is 0. The molecule has 23 heavy (non-hydrogen) atoms. The van der Waals surface area contributed by atoms with E-state index in [0.717, 1.165) is 37.1 Å². The highest BCUT2D eigenvalue weighted by molar-refractivity contribution is 9.10. The fraction of sp³-hybridized carbons (Fsp3) is 0.333. The summed E-state index contributed by atoms with van der Waals surface area (Å²) in [4.78, 5) is 4.30. The van der Waals surface area contributed by atoms with Crippen LogP contribution in [-0.4, -0.2) is 24.7 Å². The highest BCUT2D eigenvalue weighted by atomic mass is 79.9. The van der Waals surface area contributed by atoms with E-state index < -0.39 is 0 Å². The molecule has 2 heterocycles. The maximum atomic E-state index is 9.22. The Kier molecular flexibility index (Phi) is 4.94. The summed E-state index contributed by atoms with van der Waals surface area (Å²) in [5.74, 6) is 0.649. The summed E-state index contributed by atoms with van der Waals surface area (Å²) in [6, 6.07) is 14.2. The standard InChI is InChI=1S/C18H18BrN3O/c19-16-5-1-4-15(11-16)18(6-9-23-10-7-18)13-22-17-14(12-20)3-2-8-21-17/h1-5,8,11H,6-7,9-10,13H2,(H,21,22). The molecule has 4 nitrogen and oxygen atoms in total. The van der Waals surface area contributed by atoms with Gasteiger partial charge in [-0.05, 0) is 42.7 Å². The first kappa shape index (κ1) is 16.0. The minimum Gasteiger partial charge on any atom is -0.381 e. The van der Waals surface area contributed by atoms with Crippen molar-refractivity contribution in [2.75, 3.05) is 25.1 Å². The van der Waals surface area contributed by atoms with Crippen molar-refractivity contribution in [3.8, 4) is 6.07 Å². The number of nitrogens with zero attached hydrogens (tertiary/aromatic N) is 2. The van der Waals surface area contributed by atoms with Gasteiger partial charge < -0.3 is 10.1 Å². The number of rotatable bonds is 4. The zero-order valence-corrected chi connectivity index (χ0v) is 14.3. The van der Waals surface area contributed by atoms with Gasteiger partial charge in [0.2, 0.25) is 0 Å². The molecular weight excluding hydrogens is 354 g/mol. The van der Waals surface area contributed by atoms with Crippen LogP contribution >= 0.6 is 15.9 Å². The van der Waals surface area contributed by atoms with E-state index in [2.05, 4.69) is 50.5 Å². The molecule has 0 amide bonds. The molecule has 0 spiro atoms.